The second-order valence-electron chi connectivity index (χ2n) is 3.53. The summed E-state index contributed by atoms with van der Waals surface area (Å²) in [6.07, 6.45) is 0. The normalized spacial score (nSPS) is 24.5. The standard InChI is InChI=1S/C11H15NO2S/c1-13-9-4-3-7(5-10(9)14-2)11-8(12)6-15-11/h3-5,8,11H,6,12H2,1-2H3. The quantitative estimate of drug-likeness (QED) is 0.852. The zero-order valence-corrected chi connectivity index (χ0v) is 9.71. The van der Waals surface area contributed by atoms with Crippen LogP contribution >= 0.6 is 11.8 Å². The fourth-order valence-corrected chi connectivity index (χ4v) is 2.62. The second kappa shape index (κ2) is 4.33. The van der Waals surface area contributed by atoms with E-state index >= 15 is 0 Å². The summed E-state index contributed by atoms with van der Waals surface area (Å²) < 4.78 is 10.4. The minimum Gasteiger partial charge on any atom is -0.493 e. The van der Waals surface area contributed by atoms with Crippen LogP contribution in [0.1, 0.15) is 10.8 Å². The van der Waals surface area contributed by atoms with Crippen LogP contribution in [0.4, 0.5) is 0 Å². The van der Waals surface area contributed by atoms with Gasteiger partial charge >= 0.3 is 0 Å². The highest BCUT2D eigenvalue weighted by molar-refractivity contribution is 8.01. The highest BCUT2D eigenvalue weighted by Crippen LogP contribution is 2.43. The number of nitrogens with two attached hydrogens (primary N) is 1. The fourth-order valence-electron chi connectivity index (χ4n) is 1.68. The van der Waals surface area contributed by atoms with Gasteiger partial charge in [0.2, 0.25) is 0 Å². The monoisotopic (exact) mass is 225 g/mol. The number of hydrogen-bond acceptors (Lipinski definition) is 4. The van der Waals surface area contributed by atoms with Crippen LogP contribution in [0.15, 0.2) is 18.2 Å². The van der Waals surface area contributed by atoms with Crippen LogP contribution in [0.5, 0.6) is 11.5 Å². The van der Waals surface area contributed by atoms with Crippen molar-refractivity contribution in [3.05, 3.63) is 23.8 Å². The molecule has 1 aromatic carbocycles. The van der Waals surface area contributed by atoms with E-state index in [4.69, 9.17) is 15.2 Å². The Balaban J connectivity index is 2.26. The number of rotatable bonds is 3. The molecule has 2 rings (SSSR count). The summed E-state index contributed by atoms with van der Waals surface area (Å²) in [6.45, 7) is 0. The van der Waals surface area contributed by atoms with E-state index in [0.717, 1.165) is 17.3 Å². The first-order valence-electron chi connectivity index (χ1n) is 4.85. The van der Waals surface area contributed by atoms with Crippen molar-refractivity contribution in [3.63, 3.8) is 0 Å². The Labute approximate surface area is 93.9 Å². The van der Waals surface area contributed by atoms with Gasteiger partial charge in [0, 0.05) is 17.0 Å². The van der Waals surface area contributed by atoms with E-state index < -0.39 is 0 Å². The molecule has 0 saturated carbocycles. The Hall–Kier alpha value is -0.870. The molecule has 0 amide bonds. The molecule has 0 aromatic heterocycles. The third-order valence-corrected chi connectivity index (χ3v) is 4.15. The van der Waals surface area contributed by atoms with E-state index in [1.165, 1.54) is 5.56 Å². The van der Waals surface area contributed by atoms with Gasteiger partial charge < -0.3 is 15.2 Å². The predicted molar refractivity (Wildman–Crippen MR) is 62.7 cm³/mol. The molecule has 1 saturated heterocycles. The SMILES string of the molecule is COc1ccc(C2SCC2N)cc1OC. The molecule has 1 heterocycles. The lowest BCUT2D eigenvalue weighted by Crippen LogP contribution is -2.37. The number of thioether (sulfide) groups is 1. The summed E-state index contributed by atoms with van der Waals surface area (Å²) in [5.74, 6) is 2.58. The average Bonchev–Trinajstić information content (AvgIpc) is 2.26. The number of benzene rings is 1. The molecule has 82 valence electrons. The van der Waals surface area contributed by atoms with Gasteiger partial charge in [-0.2, -0.15) is 11.8 Å². The van der Waals surface area contributed by atoms with Gasteiger partial charge in [-0.15, -0.1) is 0 Å². The summed E-state index contributed by atoms with van der Waals surface area (Å²) in [4.78, 5) is 0. The van der Waals surface area contributed by atoms with Crippen molar-refractivity contribution < 1.29 is 9.47 Å². The smallest absolute Gasteiger partial charge is 0.161 e. The average molecular weight is 225 g/mol. The van der Waals surface area contributed by atoms with E-state index in [2.05, 4.69) is 6.07 Å². The summed E-state index contributed by atoms with van der Waals surface area (Å²) in [5.41, 5.74) is 7.14. The summed E-state index contributed by atoms with van der Waals surface area (Å²) in [6, 6.07) is 6.26. The third kappa shape index (κ3) is 1.92. The molecule has 3 nitrogen and oxygen atoms in total. The van der Waals surface area contributed by atoms with Gasteiger partial charge in [0.05, 0.1) is 14.2 Å². The topological polar surface area (TPSA) is 44.5 Å². The van der Waals surface area contributed by atoms with Crippen LogP contribution < -0.4 is 15.2 Å². The summed E-state index contributed by atoms with van der Waals surface area (Å²) in [7, 11) is 3.29. The summed E-state index contributed by atoms with van der Waals surface area (Å²) in [5, 5.41) is 0.407. The molecule has 1 aliphatic heterocycles. The van der Waals surface area contributed by atoms with Gasteiger partial charge in [-0.25, -0.2) is 0 Å². The van der Waals surface area contributed by atoms with Crippen molar-refractivity contribution in [2.24, 2.45) is 5.73 Å². The molecule has 2 N–H and O–H groups in total. The molecule has 2 atom stereocenters. The molecule has 1 aromatic rings. The van der Waals surface area contributed by atoms with Crippen LogP contribution in [0.25, 0.3) is 0 Å². The van der Waals surface area contributed by atoms with Gasteiger partial charge in [-0.05, 0) is 17.7 Å². The van der Waals surface area contributed by atoms with Crippen LogP contribution in [-0.4, -0.2) is 26.0 Å². The van der Waals surface area contributed by atoms with E-state index in [0.29, 0.717) is 5.25 Å². The lowest BCUT2D eigenvalue weighted by Gasteiger charge is -2.33. The van der Waals surface area contributed by atoms with Crippen molar-refractivity contribution in [3.8, 4) is 11.5 Å². The highest BCUT2D eigenvalue weighted by atomic mass is 32.2. The number of methoxy groups -OCH3 is 2. The first-order valence-corrected chi connectivity index (χ1v) is 5.90. The zero-order chi connectivity index (χ0) is 10.8. The van der Waals surface area contributed by atoms with Gasteiger partial charge in [-0.3, -0.25) is 0 Å². The fraction of sp³-hybridized carbons (Fsp3) is 0.455. The van der Waals surface area contributed by atoms with Crippen LogP contribution in [-0.2, 0) is 0 Å². The first kappa shape index (κ1) is 10.6. The van der Waals surface area contributed by atoms with Gasteiger partial charge in [0.25, 0.3) is 0 Å². The molecule has 1 aliphatic rings. The molecule has 0 radical (unpaired) electrons. The molecular weight excluding hydrogens is 210 g/mol. The number of ether oxygens (including phenoxy) is 2. The molecule has 1 fully saturated rings. The first-order chi connectivity index (χ1) is 7.26. The second-order valence-corrected chi connectivity index (χ2v) is 4.71. The molecule has 15 heavy (non-hydrogen) atoms. The van der Waals surface area contributed by atoms with Crippen molar-refractivity contribution >= 4 is 11.8 Å². The van der Waals surface area contributed by atoms with Crippen LogP contribution in [0.3, 0.4) is 0 Å². The molecule has 2 unspecified atom stereocenters. The van der Waals surface area contributed by atoms with Gasteiger partial charge in [0.1, 0.15) is 0 Å². The van der Waals surface area contributed by atoms with Crippen LogP contribution in [0.2, 0.25) is 0 Å². The van der Waals surface area contributed by atoms with E-state index in [1.807, 2.05) is 23.9 Å². The Morgan fingerprint density at radius 2 is 2.00 bits per heavy atom. The highest BCUT2D eigenvalue weighted by Gasteiger charge is 2.30. The molecule has 4 heteroatoms. The molecule has 0 spiro atoms. The minimum absolute atomic E-state index is 0.271. The van der Waals surface area contributed by atoms with Crippen molar-refractivity contribution in [2.45, 2.75) is 11.3 Å². The Kier molecular flexibility index (Phi) is 3.07. The van der Waals surface area contributed by atoms with E-state index in [9.17, 15) is 0 Å². The van der Waals surface area contributed by atoms with Crippen molar-refractivity contribution in [2.75, 3.05) is 20.0 Å². The van der Waals surface area contributed by atoms with E-state index in [-0.39, 0.29) is 6.04 Å². The zero-order valence-electron chi connectivity index (χ0n) is 8.90. The van der Waals surface area contributed by atoms with Crippen molar-refractivity contribution in [1.82, 2.24) is 0 Å². The Bertz CT molecular complexity index is 356. The third-order valence-electron chi connectivity index (χ3n) is 2.59. The Morgan fingerprint density at radius 3 is 2.47 bits per heavy atom. The predicted octanol–water partition coefficient (Wildman–Crippen LogP) is 1.82. The summed E-state index contributed by atoms with van der Waals surface area (Å²) >= 11 is 1.88. The van der Waals surface area contributed by atoms with Crippen molar-refractivity contribution in [1.29, 1.82) is 0 Å². The van der Waals surface area contributed by atoms with Crippen LogP contribution in [0, 0.1) is 0 Å². The lowest BCUT2D eigenvalue weighted by atomic mass is 10.1. The maximum Gasteiger partial charge on any atom is 0.161 e. The molecule has 0 aliphatic carbocycles. The van der Waals surface area contributed by atoms with Gasteiger partial charge in [-0.1, -0.05) is 6.07 Å². The lowest BCUT2D eigenvalue weighted by molar-refractivity contribution is 0.354. The van der Waals surface area contributed by atoms with Gasteiger partial charge in [0.15, 0.2) is 11.5 Å². The Morgan fingerprint density at radius 1 is 1.27 bits per heavy atom. The maximum atomic E-state index is 5.92. The molecule has 0 bridgehead atoms. The number of hydrogen-bond donors (Lipinski definition) is 1. The van der Waals surface area contributed by atoms with E-state index in [1.54, 1.807) is 14.2 Å². The molecular formula is C11H15NO2S. The minimum atomic E-state index is 0.271. The maximum absolute atomic E-state index is 5.92. The largest absolute Gasteiger partial charge is 0.493 e.